The van der Waals surface area contributed by atoms with E-state index < -0.39 is 28.5 Å². The minimum Gasteiger partial charge on any atom is -0.495 e. The van der Waals surface area contributed by atoms with Gasteiger partial charge in [0.2, 0.25) is 21.8 Å². The Morgan fingerprint density at radius 1 is 0.892 bits per heavy atom. The van der Waals surface area contributed by atoms with E-state index in [4.69, 9.17) is 4.74 Å². The van der Waals surface area contributed by atoms with Crippen molar-refractivity contribution in [1.29, 1.82) is 0 Å². The fourth-order valence-electron chi connectivity index (χ4n) is 4.06. The lowest BCUT2D eigenvalue weighted by Gasteiger charge is -2.33. The van der Waals surface area contributed by atoms with Gasteiger partial charge in [0.15, 0.2) is 0 Å². The Labute approximate surface area is 218 Å². The van der Waals surface area contributed by atoms with Crippen LogP contribution in [-0.4, -0.2) is 57.6 Å². The third kappa shape index (κ3) is 7.57. The number of likely N-dealkylation sites (N-methyl/N-ethyl adjacent to an activating group) is 1. The van der Waals surface area contributed by atoms with E-state index in [0.29, 0.717) is 12.3 Å². The number of nitrogens with zero attached hydrogens (tertiary/aromatic N) is 2. The van der Waals surface area contributed by atoms with E-state index in [1.165, 1.54) is 12.0 Å². The first-order chi connectivity index (χ1) is 17.7. The summed E-state index contributed by atoms with van der Waals surface area (Å²) in [6, 6.07) is 24.5. The van der Waals surface area contributed by atoms with Crippen LogP contribution in [0.1, 0.15) is 18.1 Å². The molecule has 3 aromatic carbocycles. The molecule has 0 aliphatic heterocycles. The molecule has 3 rings (SSSR count). The molecule has 0 aliphatic carbocycles. The van der Waals surface area contributed by atoms with Crippen LogP contribution in [0.4, 0.5) is 5.69 Å². The maximum Gasteiger partial charge on any atom is 0.244 e. The summed E-state index contributed by atoms with van der Waals surface area (Å²) in [5.41, 5.74) is 1.95. The minimum atomic E-state index is -3.86. The van der Waals surface area contributed by atoms with Gasteiger partial charge in [-0.05, 0) is 30.2 Å². The van der Waals surface area contributed by atoms with Crippen molar-refractivity contribution < 1.29 is 22.7 Å². The van der Waals surface area contributed by atoms with Crippen LogP contribution in [-0.2, 0) is 32.6 Å². The Morgan fingerprint density at radius 3 is 2.03 bits per heavy atom. The number of anilines is 1. The van der Waals surface area contributed by atoms with Crippen molar-refractivity contribution in [3.63, 3.8) is 0 Å². The third-order valence-corrected chi connectivity index (χ3v) is 6.98. The predicted octanol–water partition coefficient (Wildman–Crippen LogP) is 3.24. The second-order valence-corrected chi connectivity index (χ2v) is 10.5. The van der Waals surface area contributed by atoms with Crippen molar-refractivity contribution in [1.82, 2.24) is 10.2 Å². The number of carbonyl (C=O) groups excluding carboxylic acids is 2. The average Bonchev–Trinajstić information content (AvgIpc) is 2.89. The van der Waals surface area contributed by atoms with Gasteiger partial charge in [0.05, 0.1) is 19.1 Å². The molecule has 9 heteroatoms. The first-order valence-corrected chi connectivity index (χ1v) is 13.8. The molecule has 0 bridgehead atoms. The topological polar surface area (TPSA) is 96.0 Å². The number of carbonyl (C=O) groups is 2. The number of hydrogen-bond acceptors (Lipinski definition) is 5. The number of sulfonamides is 1. The van der Waals surface area contributed by atoms with Crippen molar-refractivity contribution in [3.8, 4) is 5.75 Å². The molecule has 2 amide bonds. The number of hydrogen-bond donors (Lipinski definition) is 1. The highest BCUT2D eigenvalue weighted by Crippen LogP contribution is 2.29. The molecule has 1 N–H and O–H groups in total. The maximum absolute atomic E-state index is 13.9. The molecule has 0 saturated carbocycles. The average molecular weight is 524 g/mol. The number of para-hydroxylation sites is 2. The van der Waals surface area contributed by atoms with Crippen molar-refractivity contribution in [2.75, 3.05) is 30.8 Å². The lowest BCUT2D eigenvalue weighted by Crippen LogP contribution is -2.53. The third-order valence-electron chi connectivity index (χ3n) is 5.85. The standard InChI is InChI=1S/C28H33N3O5S/c1-4-29-28(33)25(19-22-13-7-5-8-14-22)30(20-23-15-9-6-10-16-23)27(32)21-31(37(3,34)35)24-17-11-12-18-26(24)36-2/h5-18,25H,4,19-21H2,1-3H3,(H,29,33)/t25-/m0/s1. The van der Waals surface area contributed by atoms with Crippen molar-refractivity contribution in [2.24, 2.45) is 0 Å². The highest BCUT2D eigenvalue weighted by molar-refractivity contribution is 7.92. The van der Waals surface area contributed by atoms with Crippen LogP contribution < -0.4 is 14.4 Å². The lowest BCUT2D eigenvalue weighted by atomic mass is 10.0. The second-order valence-electron chi connectivity index (χ2n) is 8.55. The molecule has 0 fully saturated rings. The Bertz CT molecular complexity index is 1280. The van der Waals surface area contributed by atoms with E-state index in [9.17, 15) is 18.0 Å². The van der Waals surface area contributed by atoms with E-state index >= 15 is 0 Å². The van der Waals surface area contributed by atoms with Gasteiger partial charge in [-0.1, -0.05) is 72.8 Å². The molecule has 0 saturated heterocycles. The largest absolute Gasteiger partial charge is 0.495 e. The van der Waals surface area contributed by atoms with Gasteiger partial charge in [-0.15, -0.1) is 0 Å². The summed E-state index contributed by atoms with van der Waals surface area (Å²) in [6.07, 6.45) is 1.32. The quantitative estimate of drug-likeness (QED) is 0.393. The molecule has 196 valence electrons. The zero-order chi connectivity index (χ0) is 26.8. The van der Waals surface area contributed by atoms with Crippen LogP contribution in [0.15, 0.2) is 84.9 Å². The maximum atomic E-state index is 13.9. The molecular weight excluding hydrogens is 490 g/mol. The fraction of sp³-hybridized carbons (Fsp3) is 0.286. The fourth-order valence-corrected chi connectivity index (χ4v) is 4.91. The molecular formula is C28H33N3O5S. The van der Waals surface area contributed by atoms with Crippen LogP contribution in [0.2, 0.25) is 0 Å². The van der Waals surface area contributed by atoms with Gasteiger partial charge in [-0.25, -0.2) is 8.42 Å². The highest BCUT2D eigenvalue weighted by Gasteiger charge is 2.33. The Balaban J connectivity index is 2.04. The molecule has 3 aromatic rings. The summed E-state index contributed by atoms with van der Waals surface area (Å²) in [7, 11) is -2.42. The SMILES string of the molecule is CCNC(=O)[C@H](Cc1ccccc1)N(Cc1ccccc1)C(=O)CN(c1ccccc1OC)S(C)(=O)=O. The number of nitrogens with one attached hydrogen (secondary N) is 1. The van der Waals surface area contributed by atoms with Crippen molar-refractivity contribution in [3.05, 3.63) is 96.1 Å². The van der Waals surface area contributed by atoms with Crippen molar-refractivity contribution >= 4 is 27.5 Å². The predicted molar refractivity (Wildman–Crippen MR) is 145 cm³/mol. The van der Waals surface area contributed by atoms with Gasteiger partial charge in [-0.2, -0.15) is 0 Å². The van der Waals surface area contributed by atoms with Gasteiger partial charge in [0, 0.05) is 19.5 Å². The summed E-state index contributed by atoms with van der Waals surface area (Å²) in [5, 5.41) is 2.84. The van der Waals surface area contributed by atoms with E-state index in [1.807, 2.05) is 67.6 Å². The van der Waals surface area contributed by atoms with Gasteiger partial charge >= 0.3 is 0 Å². The lowest BCUT2D eigenvalue weighted by molar-refractivity contribution is -0.140. The Hall–Kier alpha value is -3.85. The summed E-state index contributed by atoms with van der Waals surface area (Å²) in [4.78, 5) is 28.7. The summed E-state index contributed by atoms with van der Waals surface area (Å²) < 4.78 is 32.0. The number of benzene rings is 3. The van der Waals surface area contributed by atoms with Crippen LogP contribution >= 0.6 is 0 Å². The van der Waals surface area contributed by atoms with E-state index in [2.05, 4.69) is 5.32 Å². The summed E-state index contributed by atoms with van der Waals surface area (Å²) >= 11 is 0. The number of rotatable bonds is 12. The molecule has 1 atom stereocenters. The van der Waals surface area contributed by atoms with Crippen LogP contribution in [0.25, 0.3) is 0 Å². The molecule has 8 nitrogen and oxygen atoms in total. The first-order valence-electron chi connectivity index (χ1n) is 12.0. The monoisotopic (exact) mass is 523 g/mol. The van der Waals surface area contributed by atoms with Gasteiger partial charge in [-0.3, -0.25) is 13.9 Å². The number of amides is 2. The normalized spacial score (nSPS) is 11.9. The summed E-state index contributed by atoms with van der Waals surface area (Å²) in [5.74, 6) is -0.494. The van der Waals surface area contributed by atoms with Gasteiger partial charge in [0.1, 0.15) is 18.3 Å². The van der Waals surface area contributed by atoms with Crippen LogP contribution in [0.5, 0.6) is 5.75 Å². The zero-order valence-electron chi connectivity index (χ0n) is 21.3. The van der Waals surface area contributed by atoms with Gasteiger partial charge in [0.25, 0.3) is 0 Å². The number of ether oxygens (including phenoxy) is 1. The second kappa shape index (κ2) is 12.9. The van der Waals surface area contributed by atoms with Gasteiger partial charge < -0.3 is 15.0 Å². The zero-order valence-corrected chi connectivity index (χ0v) is 22.1. The van der Waals surface area contributed by atoms with Crippen molar-refractivity contribution in [2.45, 2.75) is 25.9 Å². The van der Waals surface area contributed by atoms with Crippen LogP contribution in [0.3, 0.4) is 0 Å². The molecule has 0 aliphatic rings. The molecule has 37 heavy (non-hydrogen) atoms. The molecule has 0 aromatic heterocycles. The summed E-state index contributed by atoms with van der Waals surface area (Å²) in [6.45, 7) is 1.86. The van der Waals surface area contributed by atoms with E-state index in [1.54, 1.807) is 24.3 Å². The van der Waals surface area contributed by atoms with Crippen LogP contribution in [0, 0.1) is 0 Å². The first kappa shape index (κ1) is 27.7. The van der Waals surface area contributed by atoms with E-state index in [0.717, 1.165) is 21.7 Å². The molecule has 0 spiro atoms. The Morgan fingerprint density at radius 2 is 1.46 bits per heavy atom. The minimum absolute atomic E-state index is 0.137. The Kier molecular flexibility index (Phi) is 9.68. The molecule has 0 radical (unpaired) electrons. The number of methoxy groups -OCH3 is 1. The smallest absolute Gasteiger partial charge is 0.244 e. The van der Waals surface area contributed by atoms with E-state index in [-0.39, 0.29) is 24.6 Å². The highest BCUT2D eigenvalue weighted by atomic mass is 32.2. The molecule has 0 heterocycles. The molecule has 0 unspecified atom stereocenters.